The molecule has 2 atom stereocenters. The Balaban J connectivity index is 1.83. The highest BCUT2D eigenvalue weighted by Crippen LogP contribution is 2.33. The Morgan fingerprint density at radius 1 is 1.62 bits per heavy atom. The molecule has 0 aromatic rings. The first-order valence-corrected chi connectivity index (χ1v) is 5.79. The van der Waals surface area contributed by atoms with Gasteiger partial charge in [-0.1, -0.05) is 5.11 Å². The number of hydrogen-bond donors (Lipinski definition) is 1. The molecule has 0 bridgehead atoms. The average Bonchev–Trinajstić information content (AvgIpc) is 2.62. The Morgan fingerprint density at radius 2 is 2.50 bits per heavy atom. The van der Waals surface area contributed by atoms with Crippen molar-refractivity contribution in [2.45, 2.75) is 31.0 Å². The van der Waals surface area contributed by atoms with Crippen LogP contribution in [0.3, 0.4) is 0 Å². The van der Waals surface area contributed by atoms with Gasteiger partial charge in [0.05, 0.1) is 11.7 Å². The number of hydrogen-bond acceptors (Lipinski definition) is 4. The molecule has 6 nitrogen and oxygen atoms in total. The second kappa shape index (κ2) is 5.01. The standard InChI is InChI=1S/C10H18N4O2/c11-13-12-3-5-14-4-2-10(8-14)7-9(15)1-6-16-10/h9,15H,1-8H2/t9-,10+/m0/s1. The second-order valence-corrected chi connectivity index (χ2v) is 4.66. The van der Waals surface area contributed by atoms with Crippen LogP contribution in [0.5, 0.6) is 0 Å². The van der Waals surface area contributed by atoms with Gasteiger partial charge in [0.15, 0.2) is 0 Å². The maximum absolute atomic E-state index is 9.67. The van der Waals surface area contributed by atoms with Gasteiger partial charge in [-0.3, -0.25) is 0 Å². The maximum atomic E-state index is 9.67. The van der Waals surface area contributed by atoms with Crippen molar-refractivity contribution in [2.75, 3.05) is 32.8 Å². The van der Waals surface area contributed by atoms with Gasteiger partial charge in [-0.25, -0.2) is 0 Å². The predicted octanol–water partition coefficient (Wildman–Crippen LogP) is 0.912. The first-order valence-electron chi connectivity index (χ1n) is 5.79. The lowest BCUT2D eigenvalue weighted by molar-refractivity contribution is -0.110. The molecule has 0 aromatic carbocycles. The fourth-order valence-corrected chi connectivity index (χ4v) is 2.64. The third-order valence-corrected chi connectivity index (χ3v) is 3.44. The highest BCUT2D eigenvalue weighted by atomic mass is 16.5. The summed E-state index contributed by atoms with van der Waals surface area (Å²) in [4.78, 5) is 4.98. The summed E-state index contributed by atoms with van der Waals surface area (Å²) in [6.45, 7) is 3.77. The monoisotopic (exact) mass is 226 g/mol. The Hall–Kier alpha value is -0.810. The van der Waals surface area contributed by atoms with Crippen molar-refractivity contribution in [3.05, 3.63) is 10.4 Å². The highest BCUT2D eigenvalue weighted by molar-refractivity contribution is 4.95. The largest absolute Gasteiger partial charge is 0.393 e. The van der Waals surface area contributed by atoms with E-state index < -0.39 is 0 Å². The molecular weight excluding hydrogens is 208 g/mol. The zero-order valence-electron chi connectivity index (χ0n) is 9.38. The molecule has 6 heteroatoms. The maximum Gasteiger partial charge on any atom is 0.0845 e. The smallest absolute Gasteiger partial charge is 0.0845 e. The van der Waals surface area contributed by atoms with E-state index in [9.17, 15) is 5.11 Å². The van der Waals surface area contributed by atoms with Crippen LogP contribution in [0.2, 0.25) is 0 Å². The van der Waals surface area contributed by atoms with Crippen molar-refractivity contribution in [1.29, 1.82) is 0 Å². The molecule has 2 fully saturated rings. The van der Waals surface area contributed by atoms with Gasteiger partial charge >= 0.3 is 0 Å². The van der Waals surface area contributed by atoms with Crippen LogP contribution in [-0.4, -0.2) is 54.5 Å². The van der Waals surface area contributed by atoms with Crippen LogP contribution in [0.4, 0.5) is 0 Å². The summed E-state index contributed by atoms with van der Waals surface area (Å²) in [6.07, 6.45) is 2.25. The molecule has 0 aromatic heterocycles. The molecule has 0 amide bonds. The molecule has 90 valence electrons. The van der Waals surface area contributed by atoms with Gasteiger partial charge in [0, 0.05) is 44.1 Å². The number of nitrogens with zero attached hydrogens (tertiary/aromatic N) is 4. The number of likely N-dealkylation sites (tertiary alicyclic amines) is 1. The van der Waals surface area contributed by atoms with Crippen molar-refractivity contribution >= 4 is 0 Å². The van der Waals surface area contributed by atoms with Gasteiger partial charge in [-0.15, -0.1) is 0 Å². The zero-order chi connectivity index (χ0) is 11.4. The lowest BCUT2D eigenvalue weighted by atomic mass is 9.91. The van der Waals surface area contributed by atoms with Crippen molar-refractivity contribution in [3.63, 3.8) is 0 Å². The highest BCUT2D eigenvalue weighted by Gasteiger charge is 2.42. The van der Waals surface area contributed by atoms with E-state index in [4.69, 9.17) is 10.3 Å². The van der Waals surface area contributed by atoms with Crippen LogP contribution in [0.1, 0.15) is 19.3 Å². The first-order chi connectivity index (χ1) is 7.74. The van der Waals surface area contributed by atoms with Crippen molar-refractivity contribution < 1.29 is 9.84 Å². The van der Waals surface area contributed by atoms with Crippen LogP contribution in [0.15, 0.2) is 5.11 Å². The lowest BCUT2D eigenvalue weighted by Crippen LogP contribution is -2.44. The van der Waals surface area contributed by atoms with E-state index in [-0.39, 0.29) is 11.7 Å². The minimum Gasteiger partial charge on any atom is -0.393 e. The molecule has 2 rings (SSSR count). The summed E-state index contributed by atoms with van der Waals surface area (Å²) >= 11 is 0. The molecule has 2 aliphatic rings. The Kier molecular flexibility index (Phi) is 3.66. The molecule has 2 heterocycles. The summed E-state index contributed by atoms with van der Waals surface area (Å²) in [5.41, 5.74) is 8.05. The van der Waals surface area contributed by atoms with Gasteiger partial charge in [0.2, 0.25) is 0 Å². The summed E-state index contributed by atoms with van der Waals surface area (Å²) in [7, 11) is 0. The normalized spacial score (nSPS) is 35.2. The number of aliphatic hydroxyl groups is 1. The zero-order valence-corrected chi connectivity index (χ0v) is 9.38. The van der Waals surface area contributed by atoms with E-state index in [1.165, 1.54) is 0 Å². The van der Waals surface area contributed by atoms with Crippen LogP contribution in [0, 0.1) is 0 Å². The first kappa shape index (κ1) is 11.7. The summed E-state index contributed by atoms with van der Waals surface area (Å²) in [5.74, 6) is 0. The molecule has 2 saturated heterocycles. The fourth-order valence-electron chi connectivity index (χ4n) is 2.64. The van der Waals surface area contributed by atoms with E-state index >= 15 is 0 Å². The SMILES string of the molecule is [N-]=[N+]=NCCN1CC[C@@]2(C[C@@H](O)CCO2)C1. The van der Waals surface area contributed by atoms with Crippen LogP contribution in [-0.2, 0) is 4.74 Å². The predicted molar refractivity (Wildman–Crippen MR) is 59.0 cm³/mol. The molecular formula is C10H18N4O2. The third kappa shape index (κ3) is 2.65. The van der Waals surface area contributed by atoms with Crippen molar-refractivity contribution in [2.24, 2.45) is 5.11 Å². The Labute approximate surface area is 94.8 Å². The van der Waals surface area contributed by atoms with Gasteiger partial charge in [0.1, 0.15) is 0 Å². The van der Waals surface area contributed by atoms with E-state index in [2.05, 4.69) is 14.9 Å². The minimum absolute atomic E-state index is 0.145. The molecule has 0 aliphatic carbocycles. The molecule has 1 N–H and O–H groups in total. The van der Waals surface area contributed by atoms with Crippen molar-refractivity contribution in [3.8, 4) is 0 Å². The van der Waals surface area contributed by atoms with E-state index in [0.717, 1.165) is 38.9 Å². The number of azide groups is 1. The van der Waals surface area contributed by atoms with Gasteiger partial charge < -0.3 is 14.7 Å². The fraction of sp³-hybridized carbons (Fsp3) is 1.00. The number of ether oxygens (including phenoxy) is 1. The average molecular weight is 226 g/mol. The topological polar surface area (TPSA) is 81.5 Å². The Bertz CT molecular complexity index is 293. The number of aliphatic hydroxyl groups excluding tert-OH is 1. The molecule has 0 saturated carbocycles. The molecule has 0 unspecified atom stereocenters. The molecule has 1 spiro atoms. The summed E-state index contributed by atoms with van der Waals surface area (Å²) < 4.78 is 5.83. The molecule has 16 heavy (non-hydrogen) atoms. The van der Waals surface area contributed by atoms with E-state index in [1.54, 1.807) is 0 Å². The van der Waals surface area contributed by atoms with Crippen LogP contribution >= 0.6 is 0 Å². The number of rotatable bonds is 3. The Morgan fingerprint density at radius 3 is 3.25 bits per heavy atom. The quantitative estimate of drug-likeness (QED) is 0.441. The van der Waals surface area contributed by atoms with Crippen LogP contribution in [0.25, 0.3) is 10.4 Å². The second-order valence-electron chi connectivity index (χ2n) is 4.66. The summed E-state index contributed by atoms with van der Waals surface area (Å²) in [5, 5.41) is 13.2. The van der Waals surface area contributed by atoms with Gasteiger partial charge in [0.25, 0.3) is 0 Å². The third-order valence-electron chi connectivity index (χ3n) is 3.44. The van der Waals surface area contributed by atoms with Crippen molar-refractivity contribution in [1.82, 2.24) is 4.90 Å². The van der Waals surface area contributed by atoms with Gasteiger partial charge in [-0.2, -0.15) is 0 Å². The van der Waals surface area contributed by atoms with Crippen LogP contribution < -0.4 is 0 Å². The molecule has 2 aliphatic heterocycles. The lowest BCUT2D eigenvalue weighted by Gasteiger charge is -2.36. The van der Waals surface area contributed by atoms with E-state index in [0.29, 0.717) is 13.2 Å². The minimum atomic E-state index is -0.217. The summed E-state index contributed by atoms with van der Waals surface area (Å²) in [6, 6.07) is 0. The van der Waals surface area contributed by atoms with E-state index in [1.807, 2.05) is 0 Å². The van der Waals surface area contributed by atoms with Gasteiger partial charge in [-0.05, 0) is 18.4 Å². The molecule has 0 radical (unpaired) electrons.